The Kier molecular flexibility index (Phi) is 12.2. The van der Waals surface area contributed by atoms with Crippen molar-refractivity contribution >= 4 is 96.8 Å². The summed E-state index contributed by atoms with van der Waals surface area (Å²) in [7, 11) is -14.3. The molecule has 16 nitrogen and oxygen atoms in total. The van der Waals surface area contributed by atoms with E-state index in [9.17, 15) is 44.0 Å². The summed E-state index contributed by atoms with van der Waals surface area (Å²) < 4.78 is 102. The summed E-state index contributed by atoms with van der Waals surface area (Å²) in [6.45, 7) is 0. The first-order valence-electron chi connectivity index (χ1n) is 15.6. The van der Waals surface area contributed by atoms with E-state index in [0.717, 1.165) is 35.6 Å². The van der Waals surface area contributed by atoms with Gasteiger partial charge in [0.05, 0.1) is 22.0 Å². The van der Waals surface area contributed by atoms with Gasteiger partial charge in [0.1, 0.15) is 26.9 Å². The van der Waals surface area contributed by atoms with Gasteiger partial charge in [0.2, 0.25) is 0 Å². The van der Waals surface area contributed by atoms with Crippen LogP contribution >= 0.6 is 0 Å². The fourth-order valence-electron chi connectivity index (χ4n) is 5.91. The first-order chi connectivity index (χ1) is 25.6. The summed E-state index contributed by atoms with van der Waals surface area (Å²) in [4.78, 5) is -1.72. The molecule has 0 aliphatic carbocycles. The molecule has 0 atom stereocenters. The van der Waals surface area contributed by atoms with E-state index in [1.807, 2.05) is 35.6 Å². The van der Waals surface area contributed by atoms with Crippen molar-refractivity contribution in [2.24, 2.45) is 20.5 Å². The first kappa shape index (κ1) is 42.1. The van der Waals surface area contributed by atoms with Crippen LogP contribution in [0.1, 0.15) is 0 Å². The molecule has 7 aromatic rings. The number of nitrogens with two attached hydrogens (primary N) is 1. The van der Waals surface area contributed by atoms with Crippen LogP contribution in [0.3, 0.4) is 0 Å². The van der Waals surface area contributed by atoms with Gasteiger partial charge < -0.3 is 11.3 Å². The van der Waals surface area contributed by atoms with E-state index >= 15 is 0 Å². The quantitative estimate of drug-likeness (QED) is 0.0481. The van der Waals surface area contributed by atoms with E-state index in [0.29, 0.717) is 16.2 Å². The molecule has 7 rings (SSSR count). The molecule has 0 saturated heterocycles. The molecule has 0 unspecified atom stereocenters. The van der Waals surface area contributed by atoms with Gasteiger partial charge in [-0.05, 0) is 66.0 Å². The Hall–Kier alpha value is -5.03. The van der Waals surface area contributed by atoms with E-state index in [-0.39, 0.29) is 68.9 Å². The zero-order valence-corrected chi connectivity index (χ0v) is 33.5. The van der Waals surface area contributed by atoms with Crippen molar-refractivity contribution < 1.29 is 78.9 Å². The Labute approximate surface area is 341 Å². The Morgan fingerprint density at radius 2 is 1.00 bits per heavy atom. The molecule has 20 heteroatoms. The molecule has 0 saturated carbocycles. The van der Waals surface area contributed by atoms with Crippen LogP contribution in [0.2, 0.25) is 0 Å². The molecule has 7 aromatic carbocycles. The van der Waals surface area contributed by atoms with Crippen molar-refractivity contribution in [3.8, 4) is 5.75 Å². The maximum Gasteiger partial charge on any atom is 1.00 e. The third-order valence-corrected chi connectivity index (χ3v) is 11.0. The number of hydrogen-bond donors (Lipinski definition) is 6. The van der Waals surface area contributed by atoms with E-state index in [1.165, 1.54) is 24.3 Å². The Balaban J connectivity index is 0.00000300. The second-order valence-electron chi connectivity index (χ2n) is 11.9. The molecular formula is C36H29N6NaO10S3+2. The molecule has 280 valence electrons. The second kappa shape index (κ2) is 16.2. The molecule has 0 aliphatic heterocycles. The zero-order chi connectivity index (χ0) is 38.4. The molecule has 0 bridgehead atoms. The van der Waals surface area contributed by atoms with E-state index in [4.69, 9.17) is 0 Å². The van der Waals surface area contributed by atoms with E-state index in [2.05, 4.69) is 20.5 Å². The minimum absolute atomic E-state index is 0. The zero-order valence-electron chi connectivity index (χ0n) is 29.1. The number of fused-ring (bicyclic) bond motifs is 3. The number of para-hydroxylation sites is 1. The number of phenolic OH excluding ortho intramolecular Hbond substituents is 1. The molecule has 0 fully saturated rings. The Morgan fingerprint density at radius 1 is 0.464 bits per heavy atom. The molecule has 0 radical (unpaired) electrons. The van der Waals surface area contributed by atoms with Crippen molar-refractivity contribution in [3.05, 3.63) is 121 Å². The molecule has 0 aliphatic rings. The number of azo groups is 2. The molecule has 0 amide bonds. The predicted molar refractivity (Wildman–Crippen MR) is 204 cm³/mol. The van der Waals surface area contributed by atoms with Gasteiger partial charge >= 0.3 is 29.6 Å². The van der Waals surface area contributed by atoms with E-state index < -0.39 is 56.5 Å². The predicted octanol–water partition coefficient (Wildman–Crippen LogP) is 5.12. The smallest absolute Gasteiger partial charge is 0.505 e. The maximum atomic E-state index is 12.5. The number of aromatic hydroxyl groups is 1. The largest absolute Gasteiger partial charge is 1.00 e. The first-order valence-corrected chi connectivity index (χ1v) is 19.9. The number of hydrogen-bond acceptors (Lipinski definition) is 12. The van der Waals surface area contributed by atoms with Crippen LogP contribution in [0.4, 0.5) is 34.1 Å². The van der Waals surface area contributed by atoms with Crippen molar-refractivity contribution in [1.82, 2.24) is 6.15 Å². The molecular weight excluding hydrogens is 796 g/mol. The van der Waals surface area contributed by atoms with Crippen LogP contribution in [0.5, 0.6) is 5.75 Å². The number of phenols is 1. The number of rotatable bonds is 9. The van der Waals surface area contributed by atoms with Gasteiger partial charge in [0, 0.05) is 39.1 Å². The van der Waals surface area contributed by atoms with Gasteiger partial charge in [-0.2, -0.15) is 25.3 Å². The molecule has 9 N–H and O–H groups in total. The number of benzene rings is 7. The second-order valence-corrected chi connectivity index (χ2v) is 16.1. The van der Waals surface area contributed by atoms with Crippen LogP contribution in [-0.2, 0) is 30.4 Å². The van der Waals surface area contributed by atoms with Gasteiger partial charge in [-0.3, -0.25) is 19.0 Å². The van der Waals surface area contributed by atoms with Gasteiger partial charge in [0.25, 0.3) is 30.4 Å². The van der Waals surface area contributed by atoms with Crippen molar-refractivity contribution in [2.75, 3.05) is 0 Å². The van der Waals surface area contributed by atoms with Gasteiger partial charge in [0.15, 0.2) is 5.75 Å². The van der Waals surface area contributed by atoms with Crippen LogP contribution in [0, 0.1) is 0 Å². The summed E-state index contributed by atoms with van der Waals surface area (Å²) in [5.74, 6) is -0.519. The third-order valence-electron chi connectivity index (χ3n) is 8.39. The third kappa shape index (κ3) is 8.68. The van der Waals surface area contributed by atoms with Crippen LogP contribution in [0.15, 0.2) is 156 Å². The van der Waals surface area contributed by atoms with Crippen LogP contribution < -0.4 is 41.0 Å². The number of nitrogens with zero attached hydrogens (tertiary/aromatic N) is 4. The fraction of sp³-hybridized carbons (Fsp3) is 0. The van der Waals surface area contributed by atoms with Crippen LogP contribution in [0.25, 0.3) is 32.3 Å². The molecule has 56 heavy (non-hydrogen) atoms. The monoisotopic (exact) mass is 824 g/mol. The molecule has 0 spiro atoms. The normalized spacial score (nSPS) is 12.3. The van der Waals surface area contributed by atoms with Crippen LogP contribution in [-0.4, -0.2) is 44.0 Å². The minimum Gasteiger partial charge on any atom is -0.505 e. The number of quaternary nitrogens is 1. The maximum absolute atomic E-state index is 12.5. The summed E-state index contributed by atoms with van der Waals surface area (Å²) in [5, 5.41) is 31.4. The minimum atomic E-state index is -4.89. The summed E-state index contributed by atoms with van der Waals surface area (Å²) in [5.41, 5.74) is 1.64. The summed E-state index contributed by atoms with van der Waals surface area (Å²) in [6.07, 6.45) is 0. The fourth-order valence-corrected chi connectivity index (χ4v) is 7.77. The SMILES string of the molecule is N.O=S(=O)(O)c1ccc2c(S(=O)(=O)O)ccc(N=Nc3ccc(N=Nc4c(S(=O)(=O)O)cc5cc([NH2+]c6ccccc6)ccc5c4O)c4ccccc34)c2c1.[Na+]. The van der Waals surface area contributed by atoms with Crippen molar-refractivity contribution in [1.29, 1.82) is 0 Å². The molecule has 0 heterocycles. The average molecular weight is 825 g/mol. The van der Waals surface area contributed by atoms with Gasteiger partial charge in [-0.15, -0.1) is 20.5 Å². The topological polar surface area (TPSA) is 284 Å². The molecule has 0 aromatic heterocycles. The summed E-state index contributed by atoms with van der Waals surface area (Å²) >= 11 is 0. The summed E-state index contributed by atoms with van der Waals surface area (Å²) in [6, 6.07) is 30.7. The van der Waals surface area contributed by atoms with Crippen molar-refractivity contribution in [2.45, 2.75) is 14.7 Å². The van der Waals surface area contributed by atoms with Gasteiger partial charge in [-0.1, -0.05) is 48.5 Å². The van der Waals surface area contributed by atoms with Crippen molar-refractivity contribution in [3.63, 3.8) is 0 Å². The van der Waals surface area contributed by atoms with E-state index in [1.54, 1.807) is 42.5 Å². The Morgan fingerprint density at radius 3 is 1.59 bits per heavy atom. The van der Waals surface area contributed by atoms with Gasteiger partial charge in [-0.25, -0.2) is 0 Å². The standard InChI is InChI=1S/C36H25N5O10S3.H3N.Na/c42-36-25-12-10-23(37-22-6-2-1-3-7-22)18-21(25)19-34(54(49,50)51)35(36)41-40-31-15-14-30(26-8-4-5-9-27(26)31)38-39-32-16-17-33(53(46,47)48)28-13-11-24(20-29(28)32)52(43,44)45;;/h1-20,37,42H,(H,43,44,45)(H,46,47,48)(H,49,50,51);1H3;/q;;+1/p+1. The average Bonchev–Trinajstić information content (AvgIpc) is 3.12. The Bertz CT molecular complexity index is 3080.